The van der Waals surface area contributed by atoms with Crippen LogP contribution in [0.4, 0.5) is 4.39 Å². The Morgan fingerprint density at radius 3 is 2.53 bits per heavy atom. The van der Waals surface area contributed by atoms with E-state index in [0.29, 0.717) is 23.5 Å². The van der Waals surface area contributed by atoms with Gasteiger partial charge in [0.2, 0.25) is 0 Å². The van der Waals surface area contributed by atoms with Crippen molar-refractivity contribution in [2.75, 3.05) is 26.9 Å². The molecule has 3 rings (SSSR count). The summed E-state index contributed by atoms with van der Waals surface area (Å²) >= 11 is 0. The molecule has 6 nitrogen and oxygen atoms in total. The molecule has 1 amide bonds. The number of likely N-dealkylation sites (tertiary alicyclic amines) is 1. The summed E-state index contributed by atoms with van der Waals surface area (Å²) in [6.45, 7) is 2.86. The van der Waals surface area contributed by atoms with Crippen molar-refractivity contribution in [3.05, 3.63) is 71.0 Å². The number of carbonyl (C=O) groups excluding carboxylic acids is 2. The van der Waals surface area contributed by atoms with Crippen molar-refractivity contribution < 1.29 is 28.6 Å². The van der Waals surface area contributed by atoms with E-state index in [1.807, 2.05) is 6.92 Å². The molecule has 1 saturated heterocycles. The second-order valence-electron chi connectivity index (χ2n) is 6.91. The molecule has 1 N–H and O–H groups in total. The van der Waals surface area contributed by atoms with Crippen LogP contribution in [0, 0.1) is 5.82 Å². The predicted molar refractivity (Wildman–Crippen MR) is 110 cm³/mol. The van der Waals surface area contributed by atoms with E-state index in [1.54, 1.807) is 24.3 Å². The van der Waals surface area contributed by atoms with Crippen molar-refractivity contribution in [3.63, 3.8) is 0 Å². The monoisotopic (exact) mass is 413 g/mol. The van der Waals surface area contributed by atoms with E-state index >= 15 is 0 Å². The summed E-state index contributed by atoms with van der Waals surface area (Å²) in [4.78, 5) is 26.9. The van der Waals surface area contributed by atoms with E-state index in [0.717, 1.165) is 6.42 Å². The molecule has 0 aliphatic carbocycles. The van der Waals surface area contributed by atoms with Crippen molar-refractivity contribution in [1.82, 2.24) is 4.90 Å². The van der Waals surface area contributed by atoms with Crippen LogP contribution in [0.2, 0.25) is 0 Å². The normalized spacial score (nSPS) is 18.1. The van der Waals surface area contributed by atoms with Gasteiger partial charge in [-0.2, -0.15) is 0 Å². The second kappa shape index (κ2) is 9.54. The summed E-state index contributed by atoms with van der Waals surface area (Å²) in [5.74, 6) is -1.72. The molecule has 0 saturated carbocycles. The fourth-order valence-electron chi connectivity index (χ4n) is 3.40. The van der Waals surface area contributed by atoms with Gasteiger partial charge in [0, 0.05) is 19.2 Å². The number of rotatable bonds is 8. The number of benzene rings is 2. The van der Waals surface area contributed by atoms with Crippen molar-refractivity contribution in [2.45, 2.75) is 19.4 Å². The molecular weight excluding hydrogens is 389 g/mol. The number of carbonyl (C=O) groups is 2. The Morgan fingerprint density at radius 1 is 1.13 bits per heavy atom. The molecule has 1 aliphatic rings. The van der Waals surface area contributed by atoms with Crippen LogP contribution in [-0.2, 0) is 14.3 Å². The number of halogens is 1. The first-order valence-corrected chi connectivity index (χ1v) is 9.74. The third-order valence-electron chi connectivity index (χ3n) is 4.84. The van der Waals surface area contributed by atoms with Gasteiger partial charge in [-0.15, -0.1) is 0 Å². The van der Waals surface area contributed by atoms with Crippen molar-refractivity contribution in [1.29, 1.82) is 0 Å². The molecule has 1 aliphatic heterocycles. The molecule has 2 aromatic rings. The fraction of sp³-hybridized carbons (Fsp3) is 0.304. The molecular formula is C23H24FNO5. The fourth-order valence-corrected chi connectivity index (χ4v) is 3.40. The molecule has 1 atom stereocenters. The van der Waals surface area contributed by atoms with Crippen LogP contribution in [0.5, 0.6) is 5.75 Å². The largest absolute Gasteiger partial charge is 0.507 e. The highest BCUT2D eigenvalue weighted by atomic mass is 19.1. The zero-order valence-electron chi connectivity index (χ0n) is 16.9. The van der Waals surface area contributed by atoms with Gasteiger partial charge in [0.1, 0.15) is 17.3 Å². The summed E-state index contributed by atoms with van der Waals surface area (Å²) in [6.07, 6.45) is 0.825. The quantitative estimate of drug-likeness (QED) is 0.406. The number of amides is 1. The number of aliphatic hydroxyl groups is 1. The van der Waals surface area contributed by atoms with Gasteiger partial charge in [-0.3, -0.25) is 9.59 Å². The van der Waals surface area contributed by atoms with Crippen LogP contribution < -0.4 is 4.74 Å². The number of ether oxygens (including phenoxy) is 2. The van der Waals surface area contributed by atoms with Gasteiger partial charge in [-0.25, -0.2) is 4.39 Å². The molecule has 0 aromatic heterocycles. The van der Waals surface area contributed by atoms with Gasteiger partial charge in [0.25, 0.3) is 11.7 Å². The van der Waals surface area contributed by atoms with Crippen LogP contribution in [-0.4, -0.2) is 48.6 Å². The van der Waals surface area contributed by atoms with Crippen molar-refractivity contribution in [3.8, 4) is 5.75 Å². The highest BCUT2D eigenvalue weighted by molar-refractivity contribution is 6.46. The first-order chi connectivity index (χ1) is 14.5. The van der Waals surface area contributed by atoms with Gasteiger partial charge >= 0.3 is 0 Å². The molecule has 158 valence electrons. The van der Waals surface area contributed by atoms with Gasteiger partial charge in [-0.1, -0.05) is 31.2 Å². The smallest absolute Gasteiger partial charge is 0.295 e. The predicted octanol–water partition coefficient (Wildman–Crippen LogP) is 3.68. The zero-order chi connectivity index (χ0) is 21.7. The van der Waals surface area contributed by atoms with Crippen LogP contribution in [0.3, 0.4) is 0 Å². The van der Waals surface area contributed by atoms with E-state index in [-0.39, 0.29) is 24.5 Å². The molecule has 0 radical (unpaired) electrons. The Bertz CT molecular complexity index is 954. The summed E-state index contributed by atoms with van der Waals surface area (Å²) in [6, 6.07) is 11.4. The lowest BCUT2D eigenvalue weighted by Crippen LogP contribution is -2.32. The number of ketones is 1. The Labute approximate surface area is 174 Å². The van der Waals surface area contributed by atoms with Crippen LogP contribution in [0.25, 0.3) is 5.76 Å². The zero-order valence-corrected chi connectivity index (χ0v) is 16.9. The van der Waals surface area contributed by atoms with Gasteiger partial charge < -0.3 is 19.5 Å². The lowest BCUT2D eigenvalue weighted by Gasteiger charge is -2.25. The molecule has 0 spiro atoms. The number of hydrogen-bond donors (Lipinski definition) is 1. The second-order valence-corrected chi connectivity index (χ2v) is 6.91. The summed E-state index contributed by atoms with van der Waals surface area (Å²) in [5.41, 5.74) is 0.836. The third-order valence-corrected chi connectivity index (χ3v) is 4.84. The standard InChI is InChI=1S/C23H24FNO5/c1-3-12-30-18-6-4-5-16(14-18)21(26)19-20(15-7-9-17(24)10-8-15)25(11-13-29-2)23(28)22(19)27/h4-10,14,20,26H,3,11-13H2,1-2H3/b21-19-. The average Bonchev–Trinajstić information content (AvgIpc) is 3.01. The first kappa shape index (κ1) is 21.5. The highest BCUT2D eigenvalue weighted by Gasteiger charge is 2.45. The lowest BCUT2D eigenvalue weighted by atomic mass is 9.95. The minimum Gasteiger partial charge on any atom is -0.507 e. The molecule has 1 fully saturated rings. The Hall–Kier alpha value is -3.19. The van der Waals surface area contributed by atoms with E-state index < -0.39 is 23.5 Å². The Morgan fingerprint density at radius 2 is 1.87 bits per heavy atom. The molecule has 7 heteroatoms. The maximum Gasteiger partial charge on any atom is 0.295 e. The van der Waals surface area contributed by atoms with Gasteiger partial charge in [0.05, 0.1) is 24.8 Å². The minimum absolute atomic E-state index is 0.0460. The van der Waals surface area contributed by atoms with Gasteiger partial charge in [-0.05, 0) is 36.2 Å². The maximum absolute atomic E-state index is 13.5. The SMILES string of the molecule is CCCOc1cccc(/C(O)=C2/C(=O)C(=O)N(CCOC)C2c2ccc(F)cc2)c1. The van der Waals surface area contributed by atoms with Crippen LogP contribution in [0.15, 0.2) is 54.1 Å². The topological polar surface area (TPSA) is 76.1 Å². The molecule has 1 unspecified atom stereocenters. The Balaban J connectivity index is 2.10. The van der Waals surface area contributed by atoms with E-state index in [2.05, 4.69) is 0 Å². The van der Waals surface area contributed by atoms with Crippen LogP contribution in [0.1, 0.15) is 30.5 Å². The van der Waals surface area contributed by atoms with E-state index in [4.69, 9.17) is 9.47 Å². The van der Waals surface area contributed by atoms with Crippen molar-refractivity contribution >= 4 is 17.4 Å². The molecule has 30 heavy (non-hydrogen) atoms. The molecule has 2 aromatic carbocycles. The number of hydrogen-bond acceptors (Lipinski definition) is 5. The van der Waals surface area contributed by atoms with E-state index in [9.17, 15) is 19.1 Å². The van der Waals surface area contributed by atoms with Gasteiger partial charge in [0.15, 0.2) is 0 Å². The number of methoxy groups -OCH3 is 1. The highest BCUT2D eigenvalue weighted by Crippen LogP contribution is 2.39. The van der Waals surface area contributed by atoms with Crippen LogP contribution >= 0.6 is 0 Å². The Kier molecular flexibility index (Phi) is 6.84. The maximum atomic E-state index is 13.5. The molecule has 1 heterocycles. The summed E-state index contributed by atoms with van der Waals surface area (Å²) < 4.78 is 24.1. The number of aliphatic hydroxyl groups excluding tert-OH is 1. The minimum atomic E-state index is -0.846. The van der Waals surface area contributed by atoms with E-state index in [1.165, 1.54) is 36.3 Å². The number of nitrogens with zero attached hydrogens (tertiary/aromatic N) is 1. The molecule has 0 bridgehead atoms. The number of Topliss-reactive ketones (excluding diaryl/α,β-unsaturated/α-hetero) is 1. The summed E-state index contributed by atoms with van der Waals surface area (Å²) in [7, 11) is 1.49. The van der Waals surface area contributed by atoms with Crippen molar-refractivity contribution in [2.24, 2.45) is 0 Å². The lowest BCUT2D eigenvalue weighted by molar-refractivity contribution is -0.140. The summed E-state index contributed by atoms with van der Waals surface area (Å²) in [5, 5.41) is 11.0. The average molecular weight is 413 g/mol. The third kappa shape index (κ3) is 4.36. The first-order valence-electron chi connectivity index (χ1n) is 9.74.